The molecule has 0 aliphatic carbocycles. The van der Waals surface area contributed by atoms with Crippen LogP contribution in [-0.2, 0) is 4.79 Å². The number of fused-ring (bicyclic) bond motifs is 1. The predicted molar refractivity (Wildman–Crippen MR) is 93.3 cm³/mol. The number of amides is 1. The molecule has 0 saturated heterocycles. The number of carbonyl (C=O) groups excluding carboxylic acids is 1. The Morgan fingerprint density at radius 1 is 1.18 bits per heavy atom. The summed E-state index contributed by atoms with van der Waals surface area (Å²) in [6.07, 6.45) is 0. The number of hydrogen-bond donors (Lipinski definition) is 1. The molecule has 2 aromatic carbocycles. The van der Waals surface area contributed by atoms with Crippen LogP contribution in [0.4, 0.5) is 0 Å². The van der Waals surface area contributed by atoms with E-state index in [1.807, 2.05) is 55.5 Å². The van der Waals surface area contributed by atoms with Crippen LogP contribution in [0.3, 0.4) is 0 Å². The Morgan fingerprint density at radius 3 is 2.68 bits per heavy atom. The lowest BCUT2D eigenvalue weighted by molar-refractivity contribution is -0.119. The van der Waals surface area contributed by atoms with Crippen molar-refractivity contribution in [3.05, 3.63) is 60.2 Å². The molecule has 3 rings (SSSR count). The monoisotopic (exact) mass is 328 g/mol. The van der Waals surface area contributed by atoms with Crippen LogP contribution in [0, 0.1) is 0 Å². The second-order valence-corrected chi connectivity index (χ2v) is 7.19. The lowest BCUT2D eigenvalue weighted by atomic mass is 10.1. The largest absolute Gasteiger partial charge is 0.349 e. The van der Waals surface area contributed by atoms with E-state index in [-0.39, 0.29) is 11.9 Å². The zero-order valence-electron chi connectivity index (χ0n) is 12.2. The first kappa shape index (κ1) is 15.1. The van der Waals surface area contributed by atoms with Crippen molar-refractivity contribution in [2.45, 2.75) is 17.3 Å². The third-order valence-electron chi connectivity index (χ3n) is 3.28. The third-order valence-corrected chi connectivity index (χ3v) is 5.46. The minimum atomic E-state index is 0.0182. The van der Waals surface area contributed by atoms with Gasteiger partial charge in [0.1, 0.15) is 0 Å². The Hall–Kier alpha value is -1.85. The van der Waals surface area contributed by atoms with Crippen molar-refractivity contribution in [3.8, 4) is 0 Å². The van der Waals surface area contributed by atoms with Gasteiger partial charge in [-0.1, -0.05) is 54.2 Å². The lowest BCUT2D eigenvalue weighted by Gasteiger charge is -2.13. The summed E-state index contributed by atoms with van der Waals surface area (Å²) in [5.41, 5.74) is 2.11. The maximum absolute atomic E-state index is 12.1. The molecule has 0 spiro atoms. The minimum absolute atomic E-state index is 0.0182. The van der Waals surface area contributed by atoms with Gasteiger partial charge in [0.2, 0.25) is 5.91 Å². The third kappa shape index (κ3) is 3.67. The highest BCUT2D eigenvalue weighted by Crippen LogP contribution is 2.29. The van der Waals surface area contributed by atoms with Crippen LogP contribution >= 0.6 is 23.1 Å². The molecule has 1 N–H and O–H groups in total. The molecule has 3 nitrogen and oxygen atoms in total. The molecule has 0 aliphatic rings. The van der Waals surface area contributed by atoms with Gasteiger partial charge in [-0.25, -0.2) is 4.98 Å². The van der Waals surface area contributed by atoms with E-state index >= 15 is 0 Å². The number of thioether (sulfide) groups is 1. The SMILES string of the molecule is C[C@@H](NC(=O)CSc1nc2ccccc2s1)c1ccccc1. The van der Waals surface area contributed by atoms with E-state index in [0.717, 1.165) is 20.1 Å². The molecule has 3 aromatic rings. The maximum atomic E-state index is 12.1. The quantitative estimate of drug-likeness (QED) is 0.711. The fourth-order valence-electron chi connectivity index (χ4n) is 2.15. The van der Waals surface area contributed by atoms with E-state index in [0.29, 0.717) is 5.75 Å². The number of benzene rings is 2. The number of aromatic nitrogens is 1. The van der Waals surface area contributed by atoms with Gasteiger partial charge in [0.25, 0.3) is 0 Å². The fourth-order valence-corrected chi connectivity index (χ4v) is 4.03. The van der Waals surface area contributed by atoms with Gasteiger partial charge in [-0.05, 0) is 24.6 Å². The van der Waals surface area contributed by atoms with Gasteiger partial charge in [-0.2, -0.15) is 0 Å². The minimum Gasteiger partial charge on any atom is -0.349 e. The van der Waals surface area contributed by atoms with Gasteiger partial charge >= 0.3 is 0 Å². The molecule has 0 saturated carbocycles. The number of rotatable bonds is 5. The number of nitrogens with one attached hydrogen (secondary N) is 1. The summed E-state index contributed by atoms with van der Waals surface area (Å²) in [6.45, 7) is 2.00. The van der Waals surface area contributed by atoms with E-state index in [4.69, 9.17) is 0 Å². The number of carbonyl (C=O) groups is 1. The van der Waals surface area contributed by atoms with E-state index in [2.05, 4.69) is 16.4 Å². The maximum Gasteiger partial charge on any atom is 0.230 e. The zero-order valence-corrected chi connectivity index (χ0v) is 13.8. The van der Waals surface area contributed by atoms with Crippen LogP contribution in [0.25, 0.3) is 10.2 Å². The summed E-state index contributed by atoms with van der Waals surface area (Å²) in [5.74, 6) is 0.414. The van der Waals surface area contributed by atoms with Crippen LogP contribution in [0.15, 0.2) is 58.9 Å². The van der Waals surface area contributed by atoms with Gasteiger partial charge in [-0.15, -0.1) is 11.3 Å². The molecule has 0 radical (unpaired) electrons. The molecule has 0 fully saturated rings. The summed E-state index contributed by atoms with van der Waals surface area (Å²) in [4.78, 5) is 16.6. The molecule has 0 unspecified atom stereocenters. The van der Waals surface area contributed by atoms with E-state index in [1.54, 1.807) is 11.3 Å². The first-order valence-corrected chi connectivity index (χ1v) is 8.85. The Bertz CT molecular complexity index is 737. The fraction of sp³-hybridized carbons (Fsp3) is 0.176. The van der Waals surface area contributed by atoms with Crippen molar-refractivity contribution in [2.75, 3.05) is 5.75 Å². The lowest BCUT2D eigenvalue weighted by Crippen LogP contribution is -2.28. The summed E-state index contributed by atoms with van der Waals surface area (Å²) in [7, 11) is 0. The first-order chi connectivity index (χ1) is 10.7. The van der Waals surface area contributed by atoms with E-state index < -0.39 is 0 Å². The molecule has 0 bridgehead atoms. The predicted octanol–water partition coefficient (Wildman–Crippen LogP) is 4.27. The van der Waals surface area contributed by atoms with Crippen molar-refractivity contribution in [1.82, 2.24) is 10.3 Å². The van der Waals surface area contributed by atoms with Crippen molar-refractivity contribution >= 4 is 39.2 Å². The average molecular weight is 328 g/mol. The second kappa shape index (κ2) is 6.94. The highest BCUT2D eigenvalue weighted by Gasteiger charge is 2.11. The number of nitrogens with zero attached hydrogens (tertiary/aromatic N) is 1. The summed E-state index contributed by atoms with van der Waals surface area (Å²) < 4.78 is 2.09. The van der Waals surface area contributed by atoms with Gasteiger partial charge < -0.3 is 5.32 Å². The van der Waals surface area contributed by atoms with Crippen LogP contribution in [0.5, 0.6) is 0 Å². The average Bonchev–Trinajstić information content (AvgIpc) is 2.96. The number of thiazole rings is 1. The number of para-hydroxylation sites is 1. The summed E-state index contributed by atoms with van der Waals surface area (Å²) in [5, 5.41) is 3.02. The molecular formula is C17H16N2OS2. The normalized spacial score (nSPS) is 12.2. The van der Waals surface area contributed by atoms with Crippen LogP contribution in [0.2, 0.25) is 0 Å². The Kier molecular flexibility index (Phi) is 4.75. The highest BCUT2D eigenvalue weighted by molar-refractivity contribution is 8.01. The second-order valence-electron chi connectivity index (χ2n) is 4.94. The summed E-state index contributed by atoms with van der Waals surface area (Å²) >= 11 is 3.11. The zero-order chi connectivity index (χ0) is 15.4. The Labute approximate surface area is 137 Å². The van der Waals surface area contributed by atoms with Crippen LogP contribution in [-0.4, -0.2) is 16.6 Å². The van der Waals surface area contributed by atoms with E-state index in [9.17, 15) is 4.79 Å². The van der Waals surface area contributed by atoms with Gasteiger partial charge in [0.15, 0.2) is 4.34 Å². The molecule has 22 heavy (non-hydrogen) atoms. The molecule has 1 amide bonds. The van der Waals surface area contributed by atoms with E-state index in [1.165, 1.54) is 11.8 Å². The van der Waals surface area contributed by atoms with Crippen molar-refractivity contribution in [2.24, 2.45) is 0 Å². The van der Waals surface area contributed by atoms with Gasteiger partial charge in [0, 0.05) is 0 Å². The topological polar surface area (TPSA) is 42.0 Å². The summed E-state index contributed by atoms with van der Waals surface area (Å²) in [6, 6.07) is 18.0. The molecule has 1 heterocycles. The standard InChI is InChI=1S/C17H16N2OS2/c1-12(13-7-3-2-4-8-13)18-16(20)11-21-17-19-14-9-5-6-10-15(14)22-17/h2-10,12H,11H2,1H3,(H,18,20)/t12-/m1/s1. The van der Waals surface area contributed by atoms with Crippen molar-refractivity contribution < 1.29 is 4.79 Å². The molecule has 1 aromatic heterocycles. The Balaban J connectivity index is 1.56. The highest BCUT2D eigenvalue weighted by atomic mass is 32.2. The van der Waals surface area contributed by atoms with Gasteiger partial charge in [0.05, 0.1) is 22.0 Å². The smallest absolute Gasteiger partial charge is 0.230 e. The molecule has 1 atom stereocenters. The molecule has 112 valence electrons. The van der Waals surface area contributed by atoms with Crippen LogP contribution < -0.4 is 5.32 Å². The molecule has 0 aliphatic heterocycles. The van der Waals surface area contributed by atoms with Crippen LogP contribution in [0.1, 0.15) is 18.5 Å². The Morgan fingerprint density at radius 2 is 1.91 bits per heavy atom. The molecule has 5 heteroatoms. The first-order valence-electron chi connectivity index (χ1n) is 7.05. The molecular weight excluding hydrogens is 312 g/mol. The van der Waals surface area contributed by atoms with Crippen molar-refractivity contribution in [3.63, 3.8) is 0 Å². The van der Waals surface area contributed by atoms with Crippen molar-refractivity contribution in [1.29, 1.82) is 0 Å². The van der Waals surface area contributed by atoms with Gasteiger partial charge in [-0.3, -0.25) is 4.79 Å². The number of hydrogen-bond acceptors (Lipinski definition) is 4.